The van der Waals surface area contributed by atoms with Crippen LogP contribution in [0.5, 0.6) is 0 Å². The molecule has 0 aromatic heterocycles. The Balaban J connectivity index is 1.30. The molecule has 2 saturated carbocycles. The summed E-state index contributed by atoms with van der Waals surface area (Å²) < 4.78 is 4.60. The van der Waals surface area contributed by atoms with Crippen LogP contribution in [-0.4, -0.2) is 43.1 Å². The number of nitrogens with zero attached hydrogens (tertiary/aromatic N) is 1. The summed E-state index contributed by atoms with van der Waals surface area (Å²) in [6.07, 6.45) is 3.34. The van der Waals surface area contributed by atoms with Crippen LogP contribution in [0.1, 0.15) is 36.8 Å². The number of fused-ring (bicyclic) bond motifs is 1. The number of ether oxygens (including phenoxy) is 1. The number of hydrogen-bond donors (Lipinski definition) is 1. The molecule has 1 aromatic rings. The monoisotopic (exact) mass is 342 g/mol. The van der Waals surface area contributed by atoms with E-state index in [1.54, 1.807) is 0 Å². The van der Waals surface area contributed by atoms with Crippen LogP contribution in [0.3, 0.4) is 0 Å². The molecule has 1 N–H and O–H groups in total. The van der Waals surface area contributed by atoms with Gasteiger partial charge in [0.25, 0.3) is 0 Å². The number of benzene rings is 1. The van der Waals surface area contributed by atoms with Gasteiger partial charge in [-0.1, -0.05) is 29.8 Å². The average molecular weight is 342 g/mol. The Hall–Kier alpha value is -2.04. The molecule has 0 spiro atoms. The molecule has 2 aliphatic carbocycles. The molecule has 0 radical (unpaired) electrons. The number of piperidine rings is 1. The van der Waals surface area contributed by atoms with E-state index in [4.69, 9.17) is 0 Å². The Bertz CT molecular complexity index is 681. The van der Waals surface area contributed by atoms with E-state index in [-0.39, 0.29) is 17.9 Å². The van der Waals surface area contributed by atoms with Gasteiger partial charge in [-0.05, 0) is 44.1 Å². The third kappa shape index (κ3) is 2.90. The summed E-state index contributed by atoms with van der Waals surface area (Å²) in [4.78, 5) is 26.0. The summed E-state index contributed by atoms with van der Waals surface area (Å²) in [5, 5.41) is 2.77. The van der Waals surface area contributed by atoms with Crippen LogP contribution in [0.15, 0.2) is 24.3 Å². The van der Waals surface area contributed by atoms with Crippen molar-refractivity contribution in [3.05, 3.63) is 35.4 Å². The molecule has 2 amide bonds. The summed E-state index contributed by atoms with van der Waals surface area (Å²) >= 11 is 0. The number of rotatable bonds is 3. The van der Waals surface area contributed by atoms with Crippen molar-refractivity contribution >= 4 is 12.0 Å². The van der Waals surface area contributed by atoms with Gasteiger partial charge in [0.15, 0.2) is 0 Å². The Morgan fingerprint density at radius 1 is 1.24 bits per heavy atom. The number of nitrogens with one attached hydrogen (secondary N) is 1. The fourth-order valence-electron chi connectivity index (χ4n) is 4.62. The molecule has 5 heteroatoms. The molecule has 0 bridgehead atoms. The van der Waals surface area contributed by atoms with Crippen molar-refractivity contribution in [3.63, 3.8) is 0 Å². The molecule has 1 aromatic carbocycles. The van der Waals surface area contributed by atoms with Crippen LogP contribution < -0.4 is 5.32 Å². The SMILES string of the molecule is COC(=O)N[C@H]1C[C@@H](C(=O)N2CCC3(c4ccc(C)cc4)CC3C2)C1. The van der Waals surface area contributed by atoms with Crippen LogP contribution in [-0.2, 0) is 14.9 Å². The van der Waals surface area contributed by atoms with Crippen molar-refractivity contribution in [2.24, 2.45) is 11.8 Å². The van der Waals surface area contributed by atoms with Crippen LogP contribution in [0.2, 0.25) is 0 Å². The minimum Gasteiger partial charge on any atom is -0.453 e. The first-order valence-electron chi connectivity index (χ1n) is 9.22. The second kappa shape index (κ2) is 6.04. The number of methoxy groups -OCH3 is 1. The Labute approximate surface area is 148 Å². The number of aryl methyl sites for hydroxylation is 1. The van der Waals surface area contributed by atoms with Gasteiger partial charge in [0.1, 0.15) is 0 Å². The minimum atomic E-state index is -0.408. The van der Waals surface area contributed by atoms with Gasteiger partial charge in [-0.25, -0.2) is 4.79 Å². The zero-order valence-corrected chi connectivity index (χ0v) is 15.0. The zero-order chi connectivity index (χ0) is 17.6. The highest BCUT2D eigenvalue weighted by Crippen LogP contribution is 2.59. The number of likely N-dealkylation sites (tertiary alicyclic amines) is 1. The van der Waals surface area contributed by atoms with E-state index in [0.29, 0.717) is 11.3 Å². The third-order valence-corrected chi connectivity index (χ3v) is 6.43. The van der Waals surface area contributed by atoms with Gasteiger partial charge < -0.3 is 15.0 Å². The van der Waals surface area contributed by atoms with E-state index in [0.717, 1.165) is 32.4 Å². The van der Waals surface area contributed by atoms with Gasteiger partial charge >= 0.3 is 6.09 Å². The fraction of sp³-hybridized carbons (Fsp3) is 0.600. The van der Waals surface area contributed by atoms with Crippen molar-refractivity contribution in [2.75, 3.05) is 20.2 Å². The molecule has 3 fully saturated rings. The lowest BCUT2D eigenvalue weighted by atomic mass is 9.78. The van der Waals surface area contributed by atoms with Crippen molar-refractivity contribution in [3.8, 4) is 0 Å². The van der Waals surface area contributed by atoms with Crippen LogP contribution in [0, 0.1) is 18.8 Å². The smallest absolute Gasteiger partial charge is 0.407 e. The Kier molecular flexibility index (Phi) is 3.97. The fourth-order valence-corrected chi connectivity index (χ4v) is 4.62. The van der Waals surface area contributed by atoms with E-state index in [9.17, 15) is 9.59 Å². The molecule has 1 saturated heterocycles. The van der Waals surface area contributed by atoms with Crippen LogP contribution in [0.25, 0.3) is 0 Å². The highest BCUT2D eigenvalue weighted by atomic mass is 16.5. The maximum Gasteiger partial charge on any atom is 0.407 e. The first-order valence-corrected chi connectivity index (χ1v) is 9.22. The summed E-state index contributed by atoms with van der Waals surface area (Å²) in [6.45, 7) is 3.86. The first-order chi connectivity index (χ1) is 12.0. The third-order valence-electron chi connectivity index (χ3n) is 6.43. The predicted octanol–water partition coefficient (Wildman–Crippen LogP) is 2.62. The van der Waals surface area contributed by atoms with Gasteiger partial charge in [0, 0.05) is 30.5 Å². The molecule has 2 unspecified atom stereocenters. The van der Waals surface area contributed by atoms with E-state index in [1.807, 2.05) is 0 Å². The first kappa shape index (κ1) is 16.4. The molecule has 3 aliphatic rings. The highest BCUT2D eigenvalue weighted by molar-refractivity contribution is 5.80. The largest absolute Gasteiger partial charge is 0.453 e. The lowest BCUT2D eigenvalue weighted by molar-refractivity contribution is -0.140. The highest BCUT2D eigenvalue weighted by Gasteiger charge is 2.58. The molecule has 4 rings (SSSR count). The predicted molar refractivity (Wildman–Crippen MR) is 94.2 cm³/mol. The van der Waals surface area contributed by atoms with E-state index < -0.39 is 6.09 Å². The van der Waals surface area contributed by atoms with Crippen molar-refractivity contribution in [1.82, 2.24) is 10.2 Å². The van der Waals surface area contributed by atoms with Crippen molar-refractivity contribution in [2.45, 2.75) is 44.1 Å². The maximum absolute atomic E-state index is 12.7. The van der Waals surface area contributed by atoms with Crippen molar-refractivity contribution in [1.29, 1.82) is 0 Å². The zero-order valence-electron chi connectivity index (χ0n) is 15.0. The second-order valence-corrected chi connectivity index (χ2v) is 7.96. The summed E-state index contributed by atoms with van der Waals surface area (Å²) in [5.74, 6) is 0.942. The number of hydrogen-bond acceptors (Lipinski definition) is 3. The van der Waals surface area contributed by atoms with Gasteiger partial charge in [-0.3, -0.25) is 4.79 Å². The number of alkyl carbamates (subject to hydrolysis) is 1. The maximum atomic E-state index is 12.7. The second-order valence-electron chi connectivity index (χ2n) is 7.96. The summed E-state index contributed by atoms with van der Waals surface area (Å²) in [6, 6.07) is 9.00. The summed E-state index contributed by atoms with van der Waals surface area (Å²) in [7, 11) is 1.36. The molecule has 134 valence electrons. The quantitative estimate of drug-likeness (QED) is 0.919. The molecular weight excluding hydrogens is 316 g/mol. The number of carbonyl (C=O) groups is 2. The molecule has 1 aliphatic heterocycles. The number of amides is 2. The van der Waals surface area contributed by atoms with Crippen LogP contribution in [0.4, 0.5) is 4.79 Å². The molecule has 25 heavy (non-hydrogen) atoms. The van der Waals surface area contributed by atoms with E-state index in [1.165, 1.54) is 24.7 Å². The molecule has 2 atom stereocenters. The van der Waals surface area contributed by atoms with E-state index >= 15 is 0 Å². The normalized spacial score (nSPS) is 33.0. The standard InChI is InChI=1S/C20H26N2O3/c1-13-3-5-15(6-4-13)20-7-8-22(12-16(20)11-20)18(23)14-9-17(10-14)21-19(24)25-2/h3-6,14,16-17H,7-12H2,1-2H3,(H,21,24)/t14-,16?,17+,20?. The summed E-state index contributed by atoms with van der Waals surface area (Å²) in [5.41, 5.74) is 3.06. The Morgan fingerprint density at radius 2 is 1.96 bits per heavy atom. The van der Waals surface area contributed by atoms with Gasteiger partial charge in [-0.2, -0.15) is 0 Å². The van der Waals surface area contributed by atoms with E-state index in [2.05, 4.69) is 46.1 Å². The minimum absolute atomic E-state index is 0.0628. The molecule has 5 nitrogen and oxygen atoms in total. The number of carbonyl (C=O) groups excluding carboxylic acids is 2. The Morgan fingerprint density at radius 3 is 2.60 bits per heavy atom. The molecule has 1 heterocycles. The van der Waals surface area contributed by atoms with Gasteiger partial charge in [0.05, 0.1) is 7.11 Å². The van der Waals surface area contributed by atoms with Gasteiger partial charge in [-0.15, -0.1) is 0 Å². The topological polar surface area (TPSA) is 58.6 Å². The average Bonchev–Trinajstić information content (AvgIpc) is 3.32. The molecular formula is C20H26N2O3. The lowest BCUT2D eigenvalue weighted by Crippen LogP contribution is -2.52. The van der Waals surface area contributed by atoms with Crippen LogP contribution >= 0.6 is 0 Å². The lowest BCUT2D eigenvalue weighted by Gasteiger charge is -2.40. The van der Waals surface area contributed by atoms with Crippen molar-refractivity contribution < 1.29 is 14.3 Å². The van der Waals surface area contributed by atoms with Gasteiger partial charge in [0.2, 0.25) is 5.91 Å².